The van der Waals surface area contributed by atoms with E-state index in [0.29, 0.717) is 5.69 Å². The Bertz CT molecular complexity index is 454. The summed E-state index contributed by atoms with van der Waals surface area (Å²) in [5.74, 6) is 0.0450. The number of nitrogens with one attached hydrogen (secondary N) is 1. The molecule has 1 aromatic carbocycles. The second-order valence-electron chi connectivity index (χ2n) is 4.36. The minimum absolute atomic E-state index is 0. The van der Waals surface area contributed by atoms with Crippen LogP contribution in [0.15, 0.2) is 12.1 Å². The van der Waals surface area contributed by atoms with Gasteiger partial charge in [-0.25, -0.2) is 4.85 Å². The topological polar surface area (TPSA) is 33.5 Å². The zero-order valence-electron chi connectivity index (χ0n) is 11.4. The van der Waals surface area contributed by atoms with Crippen LogP contribution in [0.2, 0.25) is 0 Å². The Morgan fingerprint density at radius 3 is 2.28 bits per heavy atom. The third-order valence-electron chi connectivity index (χ3n) is 2.95. The van der Waals surface area contributed by atoms with Crippen LogP contribution in [-0.2, 0) is 37.5 Å². The summed E-state index contributed by atoms with van der Waals surface area (Å²) in [5, 5.41) is 2.94. The van der Waals surface area contributed by atoms with E-state index in [9.17, 15) is 4.79 Å². The summed E-state index contributed by atoms with van der Waals surface area (Å²) in [6.45, 7) is 14.7. The molecule has 0 aromatic heterocycles. The first-order chi connectivity index (χ1) is 7.99. The summed E-state index contributed by atoms with van der Waals surface area (Å²) >= 11 is 0. The molecule has 4 heteroatoms. The number of amides is 1. The van der Waals surface area contributed by atoms with Crippen molar-refractivity contribution in [2.45, 2.75) is 34.1 Å². The van der Waals surface area contributed by atoms with Gasteiger partial charge in [-0.1, -0.05) is 26.0 Å². The van der Waals surface area contributed by atoms with Crippen molar-refractivity contribution in [1.82, 2.24) is 0 Å². The number of nitrogens with zero attached hydrogens (tertiary/aromatic N) is 1. The predicted molar refractivity (Wildman–Crippen MR) is 70.3 cm³/mol. The smallest absolute Gasteiger partial charge is 0.227 e. The molecule has 0 bridgehead atoms. The van der Waals surface area contributed by atoms with Crippen molar-refractivity contribution in [2.75, 3.05) is 5.32 Å². The van der Waals surface area contributed by atoms with Crippen molar-refractivity contribution in [3.05, 3.63) is 34.7 Å². The van der Waals surface area contributed by atoms with Gasteiger partial charge in [0.2, 0.25) is 5.91 Å². The van der Waals surface area contributed by atoms with Crippen molar-refractivity contribution < 1.29 is 37.5 Å². The van der Waals surface area contributed by atoms with Crippen molar-refractivity contribution in [1.29, 1.82) is 0 Å². The van der Waals surface area contributed by atoms with Gasteiger partial charge in [0.05, 0.1) is 6.57 Å². The molecule has 1 unspecified atom stereocenters. The molecule has 0 aliphatic heterocycles. The average Bonchev–Trinajstić information content (AvgIpc) is 2.31. The number of benzene rings is 1. The van der Waals surface area contributed by atoms with Crippen molar-refractivity contribution >= 4 is 17.3 Å². The van der Waals surface area contributed by atoms with Crippen LogP contribution < -0.4 is 5.32 Å². The molecule has 1 aromatic rings. The van der Waals surface area contributed by atoms with Gasteiger partial charge in [0.1, 0.15) is 0 Å². The summed E-state index contributed by atoms with van der Waals surface area (Å²) < 4.78 is 0. The number of rotatable bonds is 3. The van der Waals surface area contributed by atoms with Crippen molar-refractivity contribution in [3.63, 3.8) is 0 Å². The van der Waals surface area contributed by atoms with Gasteiger partial charge in [-0.15, -0.1) is 0 Å². The maximum Gasteiger partial charge on any atom is 0.227 e. The van der Waals surface area contributed by atoms with Crippen LogP contribution in [0.5, 0.6) is 0 Å². The standard InChI is InChI=1S/C14H18N2O.Y/c1-6-9(2)14(17)16-13-10(3)7-12(15-5)8-11(13)4;/h7-9H,6H2,1-4H3,(H,16,17);. The van der Waals surface area contributed by atoms with Gasteiger partial charge in [0.25, 0.3) is 0 Å². The molecule has 1 atom stereocenters. The van der Waals surface area contributed by atoms with Crippen LogP contribution >= 0.6 is 0 Å². The number of hydrogen-bond donors (Lipinski definition) is 1. The third-order valence-corrected chi connectivity index (χ3v) is 2.95. The summed E-state index contributed by atoms with van der Waals surface area (Å²) in [4.78, 5) is 15.2. The Kier molecular flexibility index (Phi) is 7.36. The van der Waals surface area contributed by atoms with E-state index in [1.165, 1.54) is 0 Å². The molecule has 0 heterocycles. The van der Waals surface area contributed by atoms with E-state index in [0.717, 1.165) is 23.2 Å². The SMILES string of the molecule is [C-]#[N+]c1cc(C)c(NC(=O)C(C)CC)c(C)c1.[Y]. The fraction of sp³-hybridized carbons (Fsp3) is 0.429. The van der Waals surface area contributed by atoms with Crippen LogP contribution in [0.1, 0.15) is 31.4 Å². The zero-order valence-corrected chi connectivity index (χ0v) is 14.2. The maximum absolute atomic E-state index is 11.8. The fourth-order valence-corrected chi connectivity index (χ4v) is 1.63. The Hall–Kier alpha value is -0.716. The van der Waals surface area contributed by atoms with Gasteiger partial charge in [-0.3, -0.25) is 4.79 Å². The molecule has 0 fully saturated rings. The molecule has 0 saturated heterocycles. The monoisotopic (exact) mass is 319 g/mol. The molecule has 0 spiro atoms. The van der Waals surface area contributed by atoms with E-state index in [2.05, 4.69) is 10.2 Å². The molecule has 1 amide bonds. The summed E-state index contributed by atoms with van der Waals surface area (Å²) in [7, 11) is 0. The molecule has 1 rings (SSSR count). The van der Waals surface area contributed by atoms with E-state index >= 15 is 0 Å². The third kappa shape index (κ3) is 4.19. The summed E-state index contributed by atoms with van der Waals surface area (Å²) in [6.07, 6.45) is 0.823. The molecular weight excluding hydrogens is 301 g/mol. The molecule has 0 saturated carbocycles. The fourth-order valence-electron chi connectivity index (χ4n) is 1.63. The largest absolute Gasteiger partial charge is 0.325 e. The van der Waals surface area contributed by atoms with Gasteiger partial charge < -0.3 is 5.32 Å². The zero-order chi connectivity index (χ0) is 13.0. The van der Waals surface area contributed by atoms with E-state index in [-0.39, 0.29) is 44.5 Å². The minimum Gasteiger partial charge on any atom is -0.325 e. The number of aryl methyl sites for hydroxylation is 2. The molecule has 0 aliphatic rings. The van der Waals surface area contributed by atoms with Crippen LogP contribution in [0.25, 0.3) is 4.85 Å². The number of anilines is 1. The normalized spacial score (nSPS) is 11.1. The summed E-state index contributed by atoms with van der Waals surface area (Å²) in [6, 6.07) is 3.60. The predicted octanol–water partition coefficient (Wildman–Crippen LogP) is 3.84. The van der Waals surface area contributed by atoms with E-state index < -0.39 is 0 Å². The van der Waals surface area contributed by atoms with Crippen molar-refractivity contribution in [2.24, 2.45) is 5.92 Å². The van der Waals surface area contributed by atoms with Gasteiger partial charge >= 0.3 is 0 Å². The second kappa shape index (κ2) is 7.66. The Morgan fingerprint density at radius 2 is 1.89 bits per heavy atom. The van der Waals surface area contributed by atoms with Crippen LogP contribution in [0, 0.1) is 26.3 Å². The second-order valence-corrected chi connectivity index (χ2v) is 4.36. The van der Waals surface area contributed by atoms with E-state index in [1.54, 1.807) is 12.1 Å². The van der Waals surface area contributed by atoms with Crippen LogP contribution in [0.4, 0.5) is 11.4 Å². The molecule has 18 heavy (non-hydrogen) atoms. The minimum atomic E-state index is 0. The van der Waals surface area contributed by atoms with Gasteiger partial charge in [-0.2, -0.15) is 0 Å². The maximum atomic E-state index is 11.8. The molecule has 1 N–H and O–H groups in total. The number of carbonyl (C=O) groups excluding carboxylic acids is 1. The molecule has 3 nitrogen and oxygen atoms in total. The molecular formula is C14H18N2OY. The van der Waals surface area contributed by atoms with E-state index in [4.69, 9.17) is 6.57 Å². The van der Waals surface area contributed by atoms with E-state index in [1.807, 2.05) is 27.7 Å². The van der Waals surface area contributed by atoms with Crippen molar-refractivity contribution in [3.8, 4) is 0 Å². The average molecular weight is 319 g/mol. The number of carbonyl (C=O) groups is 1. The first-order valence-electron chi connectivity index (χ1n) is 5.79. The molecule has 1 radical (unpaired) electrons. The Morgan fingerprint density at radius 1 is 1.39 bits per heavy atom. The summed E-state index contributed by atoms with van der Waals surface area (Å²) in [5.41, 5.74) is 3.32. The first-order valence-corrected chi connectivity index (χ1v) is 5.79. The van der Waals surface area contributed by atoms with Gasteiger partial charge in [-0.05, 0) is 31.4 Å². The quantitative estimate of drug-likeness (QED) is 0.844. The van der Waals surface area contributed by atoms with Crippen LogP contribution in [0.3, 0.4) is 0 Å². The molecule has 0 aliphatic carbocycles. The van der Waals surface area contributed by atoms with Gasteiger partial charge in [0.15, 0.2) is 5.69 Å². The van der Waals surface area contributed by atoms with Crippen LogP contribution in [-0.4, -0.2) is 5.91 Å². The van der Waals surface area contributed by atoms with Gasteiger partial charge in [0, 0.05) is 44.3 Å². The Balaban J connectivity index is 0.00000289. The number of hydrogen-bond acceptors (Lipinski definition) is 1. The Labute approximate surface area is 134 Å². The molecule has 93 valence electrons. The first kappa shape index (κ1) is 17.3.